The number of sulfonamides is 1. The highest BCUT2D eigenvalue weighted by atomic mass is 79.9. The molecular formula is C27H28BrCl2N3O4S. The van der Waals surface area contributed by atoms with Gasteiger partial charge in [0.25, 0.3) is 10.0 Å². The SMILES string of the molecule is CCCNC(=O)[C@@H](C)N(Cc1ccc(Br)cc1)C(=O)CN(c1cc(Cl)cc(Cl)c1)S(=O)(=O)c1ccccc1. The molecule has 0 fully saturated rings. The first kappa shape index (κ1) is 30.0. The Morgan fingerprint density at radius 1 is 0.974 bits per heavy atom. The first-order chi connectivity index (χ1) is 18.0. The fourth-order valence-corrected chi connectivity index (χ4v) is 5.89. The Bertz CT molecular complexity index is 1350. The Morgan fingerprint density at radius 3 is 2.16 bits per heavy atom. The summed E-state index contributed by atoms with van der Waals surface area (Å²) in [4.78, 5) is 28.1. The molecule has 2 amide bonds. The molecule has 0 aliphatic rings. The zero-order chi connectivity index (χ0) is 27.9. The molecule has 1 N–H and O–H groups in total. The largest absolute Gasteiger partial charge is 0.354 e. The number of rotatable bonds is 11. The molecule has 202 valence electrons. The van der Waals surface area contributed by atoms with Crippen LogP contribution >= 0.6 is 39.1 Å². The van der Waals surface area contributed by atoms with Crippen molar-refractivity contribution in [2.45, 2.75) is 37.8 Å². The molecule has 0 saturated carbocycles. The van der Waals surface area contributed by atoms with Gasteiger partial charge in [0.2, 0.25) is 11.8 Å². The lowest BCUT2D eigenvalue weighted by Gasteiger charge is -2.32. The van der Waals surface area contributed by atoms with Gasteiger partial charge < -0.3 is 10.2 Å². The molecule has 0 aromatic heterocycles. The van der Waals surface area contributed by atoms with Gasteiger partial charge in [0.05, 0.1) is 10.6 Å². The Hall–Kier alpha value is -2.59. The van der Waals surface area contributed by atoms with Crippen molar-refractivity contribution in [3.8, 4) is 0 Å². The van der Waals surface area contributed by atoms with E-state index in [9.17, 15) is 18.0 Å². The van der Waals surface area contributed by atoms with Crippen molar-refractivity contribution < 1.29 is 18.0 Å². The molecule has 11 heteroatoms. The predicted molar refractivity (Wildman–Crippen MR) is 155 cm³/mol. The molecule has 3 aromatic rings. The fourth-order valence-electron chi connectivity index (χ4n) is 3.70. The summed E-state index contributed by atoms with van der Waals surface area (Å²) in [7, 11) is -4.19. The highest BCUT2D eigenvalue weighted by molar-refractivity contribution is 9.10. The molecule has 38 heavy (non-hydrogen) atoms. The first-order valence-electron chi connectivity index (χ1n) is 11.9. The summed E-state index contributed by atoms with van der Waals surface area (Å²) in [5.74, 6) is -0.900. The highest BCUT2D eigenvalue weighted by Crippen LogP contribution is 2.30. The second-order valence-corrected chi connectivity index (χ2v) is 12.2. The third-order valence-electron chi connectivity index (χ3n) is 5.73. The van der Waals surface area contributed by atoms with Crippen LogP contribution in [0.25, 0.3) is 0 Å². The lowest BCUT2D eigenvalue weighted by atomic mass is 10.1. The fraction of sp³-hybridized carbons (Fsp3) is 0.259. The van der Waals surface area contributed by atoms with Crippen LogP contribution in [0.4, 0.5) is 5.69 Å². The number of hydrogen-bond acceptors (Lipinski definition) is 4. The standard InChI is InChI=1S/C27H28BrCl2N3O4S/c1-3-13-31-27(35)19(2)32(17-20-9-11-21(28)12-10-20)26(34)18-33(24-15-22(29)14-23(30)16-24)38(36,37)25-7-5-4-6-8-25/h4-12,14-16,19H,3,13,17-18H2,1-2H3,(H,31,35)/t19-/m1/s1. The van der Waals surface area contributed by atoms with Crippen molar-refractivity contribution in [3.63, 3.8) is 0 Å². The number of nitrogens with zero attached hydrogens (tertiary/aromatic N) is 2. The number of hydrogen-bond donors (Lipinski definition) is 1. The summed E-state index contributed by atoms with van der Waals surface area (Å²) in [6, 6.07) is 18.6. The molecule has 0 bridgehead atoms. The summed E-state index contributed by atoms with van der Waals surface area (Å²) < 4.78 is 29.3. The minimum absolute atomic E-state index is 0.00269. The quantitative estimate of drug-likeness (QED) is 0.283. The molecule has 0 aliphatic carbocycles. The lowest BCUT2D eigenvalue weighted by molar-refractivity contribution is -0.139. The van der Waals surface area contributed by atoms with E-state index in [0.29, 0.717) is 6.54 Å². The topological polar surface area (TPSA) is 86.8 Å². The number of nitrogens with one attached hydrogen (secondary N) is 1. The number of carbonyl (C=O) groups excluding carboxylic acids is 2. The zero-order valence-corrected chi connectivity index (χ0v) is 24.8. The lowest BCUT2D eigenvalue weighted by Crippen LogP contribution is -2.51. The number of anilines is 1. The van der Waals surface area contributed by atoms with E-state index in [1.807, 2.05) is 31.2 Å². The number of carbonyl (C=O) groups is 2. The van der Waals surface area contributed by atoms with Crippen molar-refractivity contribution in [3.05, 3.63) is 92.9 Å². The van der Waals surface area contributed by atoms with Crippen molar-refractivity contribution in [1.29, 1.82) is 0 Å². The van der Waals surface area contributed by atoms with E-state index in [0.717, 1.165) is 20.8 Å². The summed E-state index contributed by atoms with van der Waals surface area (Å²) in [6.45, 7) is 3.53. The molecule has 0 unspecified atom stereocenters. The van der Waals surface area contributed by atoms with Crippen molar-refractivity contribution in [2.24, 2.45) is 0 Å². The van der Waals surface area contributed by atoms with Crippen LogP contribution in [0.2, 0.25) is 10.0 Å². The van der Waals surface area contributed by atoms with Crippen LogP contribution in [0.5, 0.6) is 0 Å². The molecule has 3 rings (SSSR count). The maximum absolute atomic E-state index is 13.8. The van der Waals surface area contributed by atoms with Gasteiger partial charge >= 0.3 is 0 Å². The third kappa shape index (κ3) is 7.72. The van der Waals surface area contributed by atoms with Gasteiger partial charge in [-0.15, -0.1) is 0 Å². The molecule has 1 atom stereocenters. The minimum atomic E-state index is -4.19. The van der Waals surface area contributed by atoms with E-state index in [2.05, 4.69) is 21.2 Å². The van der Waals surface area contributed by atoms with Gasteiger partial charge in [-0.1, -0.05) is 76.4 Å². The second-order valence-electron chi connectivity index (χ2n) is 8.57. The van der Waals surface area contributed by atoms with Gasteiger partial charge in [-0.25, -0.2) is 8.42 Å². The summed E-state index contributed by atoms with van der Waals surface area (Å²) in [5.41, 5.74) is 0.909. The molecule has 3 aromatic carbocycles. The number of benzene rings is 3. The van der Waals surface area contributed by atoms with Crippen LogP contribution in [0.15, 0.2) is 82.2 Å². The van der Waals surface area contributed by atoms with Crippen LogP contribution < -0.4 is 9.62 Å². The monoisotopic (exact) mass is 639 g/mol. The summed E-state index contributed by atoms with van der Waals surface area (Å²) in [5, 5.41) is 3.24. The van der Waals surface area contributed by atoms with E-state index < -0.39 is 28.5 Å². The molecule has 0 heterocycles. The molecule has 0 aliphatic heterocycles. The molecule has 0 radical (unpaired) electrons. The second kappa shape index (κ2) is 13.5. The maximum Gasteiger partial charge on any atom is 0.264 e. The maximum atomic E-state index is 13.8. The normalized spacial score (nSPS) is 12.0. The third-order valence-corrected chi connectivity index (χ3v) is 8.48. The Morgan fingerprint density at radius 2 is 1.58 bits per heavy atom. The summed E-state index contributed by atoms with van der Waals surface area (Å²) >= 11 is 15.8. The van der Waals surface area contributed by atoms with Crippen molar-refractivity contribution >= 4 is 66.7 Å². The minimum Gasteiger partial charge on any atom is -0.354 e. The van der Waals surface area contributed by atoms with E-state index in [4.69, 9.17) is 23.2 Å². The molecule has 0 spiro atoms. The van der Waals surface area contributed by atoms with Crippen LogP contribution in [0.3, 0.4) is 0 Å². The van der Waals surface area contributed by atoms with Gasteiger partial charge in [-0.3, -0.25) is 13.9 Å². The van der Waals surface area contributed by atoms with Gasteiger partial charge in [-0.05, 0) is 61.4 Å². The smallest absolute Gasteiger partial charge is 0.264 e. The van der Waals surface area contributed by atoms with E-state index in [-0.39, 0.29) is 33.1 Å². The average molecular weight is 641 g/mol. The van der Waals surface area contributed by atoms with Crippen molar-refractivity contribution in [1.82, 2.24) is 10.2 Å². The highest BCUT2D eigenvalue weighted by Gasteiger charge is 2.32. The Kier molecular flexibility index (Phi) is 10.6. The number of amides is 2. The molecular weight excluding hydrogens is 613 g/mol. The summed E-state index contributed by atoms with van der Waals surface area (Å²) in [6.07, 6.45) is 0.734. The average Bonchev–Trinajstić information content (AvgIpc) is 2.89. The van der Waals surface area contributed by atoms with Gasteiger partial charge in [0.15, 0.2) is 0 Å². The van der Waals surface area contributed by atoms with Crippen LogP contribution in [-0.2, 0) is 26.2 Å². The predicted octanol–water partition coefficient (Wildman–Crippen LogP) is 5.89. The Balaban J connectivity index is 2.03. The van der Waals surface area contributed by atoms with Gasteiger partial charge in [0.1, 0.15) is 12.6 Å². The zero-order valence-electron chi connectivity index (χ0n) is 20.9. The Labute approximate surface area is 241 Å². The van der Waals surface area contributed by atoms with Crippen LogP contribution in [0, 0.1) is 0 Å². The van der Waals surface area contributed by atoms with Crippen LogP contribution in [-0.4, -0.2) is 44.3 Å². The van der Waals surface area contributed by atoms with E-state index in [1.54, 1.807) is 25.1 Å². The van der Waals surface area contributed by atoms with Gasteiger partial charge in [0, 0.05) is 27.6 Å². The first-order valence-corrected chi connectivity index (χ1v) is 14.9. The van der Waals surface area contributed by atoms with Crippen molar-refractivity contribution in [2.75, 3.05) is 17.4 Å². The van der Waals surface area contributed by atoms with Gasteiger partial charge in [-0.2, -0.15) is 0 Å². The van der Waals surface area contributed by atoms with E-state index in [1.165, 1.54) is 35.2 Å². The molecule has 7 nitrogen and oxygen atoms in total. The van der Waals surface area contributed by atoms with E-state index >= 15 is 0 Å². The molecule has 0 saturated heterocycles. The van der Waals surface area contributed by atoms with Crippen LogP contribution in [0.1, 0.15) is 25.8 Å². The number of halogens is 3.